The number of hydrogen-bond acceptors (Lipinski definition) is 4. The van der Waals surface area contributed by atoms with Crippen molar-refractivity contribution < 1.29 is 4.74 Å². The lowest BCUT2D eigenvalue weighted by atomic mass is 9.99. The molecule has 0 aliphatic carbocycles. The second-order valence-corrected chi connectivity index (χ2v) is 4.09. The minimum Gasteiger partial charge on any atom is -0.481 e. The first-order chi connectivity index (χ1) is 7.29. The highest BCUT2D eigenvalue weighted by Gasteiger charge is 2.17. The van der Waals surface area contributed by atoms with E-state index < -0.39 is 0 Å². The second-order valence-electron chi connectivity index (χ2n) is 4.09. The van der Waals surface area contributed by atoms with E-state index in [0.29, 0.717) is 5.88 Å². The van der Waals surface area contributed by atoms with Crippen LogP contribution in [0.25, 0.3) is 0 Å². The molecule has 1 fully saturated rings. The number of anilines is 1. The zero-order valence-corrected chi connectivity index (χ0v) is 9.31. The lowest BCUT2D eigenvalue weighted by Gasteiger charge is -2.31. The Morgan fingerprint density at radius 2 is 2.07 bits per heavy atom. The standard InChI is InChI=1S/C11H17N3O/c1-9-3-5-14(6-4-9)10-7-11(15-2)13-8-12-10/h7-9H,3-6H2,1-2H3. The summed E-state index contributed by atoms with van der Waals surface area (Å²) in [7, 11) is 1.63. The molecule has 0 saturated carbocycles. The lowest BCUT2D eigenvalue weighted by molar-refractivity contribution is 0.395. The Hall–Kier alpha value is -1.32. The SMILES string of the molecule is COc1cc(N2CCC(C)CC2)ncn1. The molecule has 0 atom stereocenters. The minimum absolute atomic E-state index is 0.638. The van der Waals surface area contributed by atoms with Crippen LogP contribution in [-0.2, 0) is 0 Å². The first-order valence-electron chi connectivity index (χ1n) is 5.40. The molecule has 1 aromatic heterocycles. The number of aromatic nitrogens is 2. The third-order valence-corrected chi connectivity index (χ3v) is 2.94. The highest BCUT2D eigenvalue weighted by molar-refractivity contribution is 5.41. The van der Waals surface area contributed by atoms with E-state index in [1.54, 1.807) is 13.4 Å². The van der Waals surface area contributed by atoms with Gasteiger partial charge in [-0.1, -0.05) is 6.92 Å². The maximum atomic E-state index is 5.09. The summed E-state index contributed by atoms with van der Waals surface area (Å²) < 4.78 is 5.09. The average molecular weight is 207 g/mol. The molecule has 0 spiro atoms. The van der Waals surface area contributed by atoms with E-state index in [1.165, 1.54) is 12.8 Å². The quantitative estimate of drug-likeness (QED) is 0.740. The lowest BCUT2D eigenvalue weighted by Crippen LogP contribution is -2.33. The summed E-state index contributed by atoms with van der Waals surface area (Å²) in [6.45, 7) is 4.47. The van der Waals surface area contributed by atoms with Crippen LogP contribution in [0, 0.1) is 5.92 Å². The van der Waals surface area contributed by atoms with E-state index in [2.05, 4.69) is 21.8 Å². The molecule has 4 nitrogen and oxygen atoms in total. The van der Waals surface area contributed by atoms with Gasteiger partial charge in [-0.3, -0.25) is 0 Å². The number of rotatable bonds is 2. The van der Waals surface area contributed by atoms with E-state index in [0.717, 1.165) is 24.8 Å². The van der Waals surface area contributed by atoms with Crippen molar-refractivity contribution in [1.29, 1.82) is 0 Å². The monoisotopic (exact) mass is 207 g/mol. The predicted molar refractivity (Wildman–Crippen MR) is 59.2 cm³/mol. The van der Waals surface area contributed by atoms with Crippen molar-refractivity contribution in [3.05, 3.63) is 12.4 Å². The van der Waals surface area contributed by atoms with Gasteiger partial charge >= 0.3 is 0 Å². The fraction of sp³-hybridized carbons (Fsp3) is 0.636. The predicted octanol–water partition coefficient (Wildman–Crippen LogP) is 1.72. The van der Waals surface area contributed by atoms with Crippen LogP contribution in [0.15, 0.2) is 12.4 Å². The van der Waals surface area contributed by atoms with Crippen LogP contribution < -0.4 is 9.64 Å². The third-order valence-electron chi connectivity index (χ3n) is 2.94. The van der Waals surface area contributed by atoms with Crippen molar-refractivity contribution in [2.45, 2.75) is 19.8 Å². The summed E-state index contributed by atoms with van der Waals surface area (Å²) in [5.74, 6) is 2.46. The molecular weight excluding hydrogens is 190 g/mol. The molecule has 0 aromatic carbocycles. The van der Waals surface area contributed by atoms with Gasteiger partial charge in [-0.05, 0) is 18.8 Å². The van der Waals surface area contributed by atoms with Gasteiger partial charge in [0.05, 0.1) is 7.11 Å². The second kappa shape index (κ2) is 4.47. The molecule has 0 unspecified atom stereocenters. The van der Waals surface area contributed by atoms with Gasteiger partial charge in [-0.2, -0.15) is 0 Å². The molecular formula is C11H17N3O. The Bertz CT molecular complexity index is 321. The molecule has 0 radical (unpaired) electrons. The van der Waals surface area contributed by atoms with Crippen molar-refractivity contribution >= 4 is 5.82 Å². The van der Waals surface area contributed by atoms with Gasteiger partial charge in [0.25, 0.3) is 0 Å². The summed E-state index contributed by atoms with van der Waals surface area (Å²) in [6.07, 6.45) is 4.05. The van der Waals surface area contributed by atoms with Crippen LogP contribution in [0.2, 0.25) is 0 Å². The highest BCUT2D eigenvalue weighted by atomic mass is 16.5. The third kappa shape index (κ3) is 2.37. The maximum Gasteiger partial charge on any atom is 0.218 e. The number of piperidine rings is 1. The number of nitrogens with zero attached hydrogens (tertiary/aromatic N) is 3. The van der Waals surface area contributed by atoms with Gasteiger partial charge in [0.15, 0.2) is 0 Å². The summed E-state index contributed by atoms with van der Waals surface area (Å²) in [4.78, 5) is 10.6. The van der Waals surface area contributed by atoms with Crippen molar-refractivity contribution in [3.8, 4) is 5.88 Å². The van der Waals surface area contributed by atoms with Crippen LogP contribution in [-0.4, -0.2) is 30.2 Å². The van der Waals surface area contributed by atoms with Crippen LogP contribution in [0.1, 0.15) is 19.8 Å². The molecule has 0 N–H and O–H groups in total. The first-order valence-corrected chi connectivity index (χ1v) is 5.40. The van der Waals surface area contributed by atoms with Gasteiger partial charge in [0.2, 0.25) is 5.88 Å². The van der Waals surface area contributed by atoms with E-state index in [-0.39, 0.29) is 0 Å². The van der Waals surface area contributed by atoms with Gasteiger partial charge in [-0.15, -0.1) is 0 Å². The molecule has 1 aliphatic rings. The Morgan fingerprint density at radius 1 is 1.33 bits per heavy atom. The van der Waals surface area contributed by atoms with E-state index in [1.807, 2.05) is 6.07 Å². The van der Waals surface area contributed by atoms with Gasteiger partial charge in [0.1, 0.15) is 12.1 Å². The zero-order valence-electron chi connectivity index (χ0n) is 9.31. The van der Waals surface area contributed by atoms with E-state index in [4.69, 9.17) is 4.74 Å². The van der Waals surface area contributed by atoms with E-state index >= 15 is 0 Å². The van der Waals surface area contributed by atoms with Gasteiger partial charge in [-0.25, -0.2) is 9.97 Å². The number of hydrogen-bond donors (Lipinski definition) is 0. The van der Waals surface area contributed by atoms with Crippen molar-refractivity contribution in [1.82, 2.24) is 9.97 Å². The molecule has 82 valence electrons. The fourth-order valence-corrected chi connectivity index (χ4v) is 1.85. The topological polar surface area (TPSA) is 38.2 Å². The summed E-state index contributed by atoms with van der Waals surface area (Å²) in [5.41, 5.74) is 0. The first kappa shape index (κ1) is 10.2. The molecule has 1 aliphatic heterocycles. The number of ether oxygens (including phenoxy) is 1. The maximum absolute atomic E-state index is 5.09. The largest absolute Gasteiger partial charge is 0.481 e. The molecule has 2 rings (SSSR count). The average Bonchev–Trinajstić information content (AvgIpc) is 2.30. The molecule has 15 heavy (non-hydrogen) atoms. The smallest absolute Gasteiger partial charge is 0.218 e. The summed E-state index contributed by atoms with van der Waals surface area (Å²) in [6, 6.07) is 1.90. The van der Waals surface area contributed by atoms with Gasteiger partial charge < -0.3 is 9.64 Å². The summed E-state index contributed by atoms with van der Waals surface area (Å²) >= 11 is 0. The normalized spacial score (nSPS) is 17.9. The van der Waals surface area contributed by atoms with Crippen molar-refractivity contribution in [2.75, 3.05) is 25.1 Å². The molecule has 0 amide bonds. The van der Waals surface area contributed by atoms with Crippen LogP contribution in [0.3, 0.4) is 0 Å². The Morgan fingerprint density at radius 3 is 2.73 bits per heavy atom. The van der Waals surface area contributed by atoms with Crippen LogP contribution in [0.4, 0.5) is 5.82 Å². The highest BCUT2D eigenvalue weighted by Crippen LogP contribution is 2.22. The van der Waals surface area contributed by atoms with Crippen molar-refractivity contribution in [3.63, 3.8) is 0 Å². The minimum atomic E-state index is 0.638. The molecule has 1 aromatic rings. The zero-order chi connectivity index (χ0) is 10.7. The Labute approximate surface area is 90.3 Å². The van der Waals surface area contributed by atoms with E-state index in [9.17, 15) is 0 Å². The van der Waals surface area contributed by atoms with Crippen molar-refractivity contribution in [2.24, 2.45) is 5.92 Å². The molecule has 1 saturated heterocycles. The summed E-state index contributed by atoms with van der Waals surface area (Å²) in [5, 5.41) is 0. The molecule has 2 heterocycles. The Balaban J connectivity index is 2.08. The Kier molecular flexibility index (Phi) is 3.04. The van der Waals surface area contributed by atoms with Gasteiger partial charge in [0, 0.05) is 19.2 Å². The molecule has 0 bridgehead atoms. The molecule has 4 heteroatoms. The van der Waals surface area contributed by atoms with Crippen LogP contribution in [0.5, 0.6) is 5.88 Å². The van der Waals surface area contributed by atoms with Crippen LogP contribution >= 0.6 is 0 Å². The fourth-order valence-electron chi connectivity index (χ4n) is 1.85. The number of methoxy groups -OCH3 is 1.